The molecule has 0 amide bonds. The molecule has 0 N–H and O–H groups in total. The van der Waals surface area contributed by atoms with Gasteiger partial charge in [-0.15, -0.1) is 0 Å². The normalized spacial score (nSPS) is 69.0. The minimum Gasteiger partial charge on any atom is -0.0620 e. The van der Waals surface area contributed by atoms with Gasteiger partial charge in [0.15, 0.2) is 0 Å². The smallest absolute Gasteiger partial charge is 0.0321 e. The van der Waals surface area contributed by atoms with Crippen molar-refractivity contribution < 1.29 is 0 Å². The van der Waals surface area contributed by atoms with Gasteiger partial charge in [-0.2, -0.15) is 0 Å². The molecular weight excluding hydrogens is 168 g/mol. The molecule has 0 unspecified atom stereocenters. The molecule has 2 bridgehead atoms. The topological polar surface area (TPSA) is 0 Å². The van der Waals surface area contributed by atoms with Crippen molar-refractivity contribution in [1.29, 1.82) is 0 Å². The first kappa shape index (κ1) is 8.19. The highest BCUT2D eigenvalue weighted by molar-refractivity contribution is 5.14. The van der Waals surface area contributed by atoms with Crippen molar-refractivity contribution in [3.8, 4) is 0 Å². The third-order valence-corrected chi connectivity index (χ3v) is 6.75. The number of hydrogen-bond donors (Lipinski definition) is 0. The summed E-state index contributed by atoms with van der Waals surface area (Å²) < 4.78 is 0. The lowest BCUT2D eigenvalue weighted by molar-refractivity contribution is -0.0750. The molecule has 4 fully saturated rings. The van der Waals surface area contributed by atoms with Gasteiger partial charge < -0.3 is 0 Å². The zero-order chi connectivity index (χ0) is 9.45. The average molecular weight is 190 g/mol. The van der Waals surface area contributed by atoms with E-state index in [-0.39, 0.29) is 0 Å². The van der Waals surface area contributed by atoms with E-state index in [2.05, 4.69) is 13.8 Å². The Labute approximate surface area is 87.5 Å². The number of hydrogen-bond acceptors (Lipinski definition) is 0. The monoisotopic (exact) mass is 190 g/mol. The van der Waals surface area contributed by atoms with Gasteiger partial charge in [0.25, 0.3) is 0 Å². The van der Waals surface area contributed by atoms with E-state index in [4.69, 9.17) is 0 Å². The van der Waals surface area contributed by atoms with E-state index in [1.165, 1.54) is 35.5 Å². The molecule has 0 heterocycles. The summed E-state index contributed by atoms with van der Waals surface area (Å²) in [5.74, 6) is 9.23. The second-order valence-corrected chi connectivity index (χ2v) is 6.69. The minimum absolute atomic E-state index is 1.07. The molecule has 0 nitrogen and oxygen atoms in total. The molecule has 4 aliphatic rings. The van der Waals surface area contributed by atoms with Crippen molar-refractivity contribution in [2.75, 3.05) is 0 Å². The van der Waals surface area contributed by atoms with Crippen LogP contribution >= 0.6 is 0 Å². The zero-order valence-corrected chi connectivity index (χ0v) is 9.45. The molecule has 14 heavy (non-hydrogen) atoms. The Balaban J connectivity index is 1.70. The molecule has 8 atom stereocenters. The van der Waals surface area contributed by atoms with Crippen molar-refractivity contribution in [2.45, 2.75) is 39.5 Å². The molecule has 0 aromatic heterocycles. The molecule has 4 aliphatic carbocycles. The molecule has 0 radical (unpaired) electrons. The maximum atomic E-state index is 2.52. The van der Waals surface area contributed by atoms with E-state index in [1.807, 2.05) is 0 Å². The molecule has 78 valence electrons. The van der Waals surface area contributed by atoms with Crippen LogP contribution in [0.4, 0.5) is 0 Å². The second kappa shape index (κ2) is 2.39. The van der Waals surface area contributed by atoms with E-state index in [1.54, 1.807) is 25.7 Å². The quantitative estimate of drug-likeness (QED) is 0.548. The summed E-state index contributed by atoms with van der Waals surface area (Å²) in [5.41, 5.74) is 0. The van der Waals surface area contributed by atoms with Gasteiger partial charge in [-0.1, -0.05) is 20.3 Å². The lowest BCUT2D eigenvalue weighted by Crippen LogP contribution is -2.50. The predicted molar refractivity (Wildman–Crippen MR) is 57.7 cm³/mol. The highest BCUT2D eigenvalue weighted by Gasteiger charge is 2.66. The van der Waals surface area contributed by atoms with Gasteiger partial charge in [-0.25, -0.2) is 0 Å². The SMILES string of the molecule is C[C@@H]1[C@H](C)[C@@H]2[C@@H]3C[C@@H]([C@@H]4CCC[C@@H]43)[C@H]12. The van der Waals surface area contributed by atoms with Gasteiger partial charge in [0, 0.05) is 0 Å². The van der Waals surface area contributed by atoms with Gasteiger partial charge in [0.2, 0.25) is 0 Å². The fourth-order valence-corrected chi connectivity index (χ4v) is 6.24. The van der Waals surface area contributed by atoms with E-state index in [0.717, 1.165) is 11.8 Å². The van der Waals surface area contributed by atoms with Gasteiger partial charge in [0.05, 0.1) is 0 Å². The maximum Gasteiger partial charge on any atom is -0.0321 e. The van der Waals surface area contributed by atoms with Crippen LogP contribution < -0.4 is 0 Å². The summed E-state index contributed by atoms with van der Waals surface area (Å²) in [4.78, 5) is 0. The summed E-state index contributed by atoms with van der Waals surface area (Å²) in [5, 5.41) is 0. The Kier molecular flexibility index (Phi) is 1.40. The largest absolute Gasteiger partial charge is 0.0620 e. The summed E-state index contributed by atoms with van der Waals surface area (Å²) in [6, 6.07) is 0. The standard InChI is InChI=1S/C14H22/c1-7-8(2)14-12-6-11(13(7)14)9-4-3-5-10(9)12/h7-14H,3-6H2,1-2H3/t7-,8+,9-,10+,11+,12-,13+,14-. The van der Waals surface area contributed by atoms with E-state index in [0.29, 0.717) is 0 Å². The Morgan fingerprint density at radius 3 is 1.71 bits per heavy atom. The van der Waals surface area contributed by atoms with Crippen molar-refractivity contribution in [1.82, 2.24) is 0 Å². The highest BCUT2D eigenvalue weighted by atomic mass is 14.7. The van der Waals surface area contributed by atoms with Crippen molar-refractivity contribution in [2.24, 2.45) is 47.3 Å². The zero-order valence-electron chi connectivity index (χ0n) is 9.45. The lowest BCUT2D eigenvalue weighted by atomic mass is 9.50. The number of fused-ring (bicyclic) bond motifs is 8. The van der Waals surface area contributed by atoms with Gasteiger partial charge in [-0.05, 0) is 66.6 Å². The van der Waals surface area contributed by atoms with Crippen LogP contribution in [0, 0.1) is 47.3 Å². The molecule has 0 spiro atoms. The highest BCUT2D eigenvalue weighted by Crippen LogP contribution is 2.72. The van der Waals surface area contributed by atoms with Crippen molar-refractivity contribution >= 4 is 0 Å². The Morgan fingerprint density at radius 2 is 1.21 bits per heavy atom. The lowest BCUT2D eigenvalue weighted by Gasteiger charge is -2.55. The molecular formula is C14H22. The number of rotatable bonds is 0. The van der Waals surface area contributed by atoms with Crippen LogP contribution in [0.2, 0.25) is 0 Å². The average Bonchev–Trinajstić information content (AvgIpc) is 2.85. The van der Waals surface area contributed by atoms with E-state index < -0.39 is 0 Å². The van der Waals surface area contributed by atoms with Gasteiger partial charge >= 0.3 is 0 Å². The van der Waals surface area contributed by atoms with Gasteiger partial charge in [0.1, 0.15) is 0 Å². The molecule has 0 aromatic carbocycles. The van der Waals surface area contributed by atoms with Crippen LogP contribution in [-0.2, 0) is 0 Å². The molecule has 0 aromatic rings. The van der Waals surface area contributed by atoms with Crippen LogP contribution in [-0.4, -0.2) is 0 Å². The first-order chi connectivity index (χ1) is 6.79. The summed E-state index contributed by atoms with van der Waals surface area (Å²) in [6.07, 6.45) is 6.39. The van der Waals surface area contributed by atoms with Crippen LogP contribution in [0.1, 0.15) is 39.5 Å². The summed E-state index contributed by atoms with van der Waals surface area (Å²) >= 11 is 0. The van der Waals surface area contributed by atoms with E-state index >= 15 is 0 Å². The Bertz CT molecular complexity index is 243. The summed E-state index contributed by atoms with van der Waals surface area (Å²) in [6.45, 7) is 5.05. The van der Waals surface area contributed by atoms with Crippen LogP contribution in [0.3, 0.4) is 0 Å². The van der Waals surface area contributed by atoms with Crippen LogP contribution in [0.25, 0.3) is 0 Å². The maximum absolute atomic E-state index is 2.52. The first-order valence-electron chi connectivity index (χ1n) is 6.79. The fourth-order valence-electron chi connectivity index (χ4n) is 6.24. The second-order valence-electron chi connectivity index (χ2n) is 6.69. The predicted octanol–water partition coefficient (Wildman–Crippen LogP) is 3.57. The molecule has 4 rings (SSSR count). The van der Waals surface area contributed by atoms with Crippen molar-refractivity contribution in [3.63, 3.8) is 0 Å². The molecule has 0 aliphatic heterocycles. The Hall–Kier alpha value is 0. The van der Waals surface area contributed by atoms with E-state index in [9.17, 15) is 0 Å². The Morgan fingerprint density at radius 1 is 0.714 bits per heavy atom. The van der Waals surface area contributed by atoms with Crippen LogP contribution in [0.5, 0.6) is 0 Å². The fraction of sp³-hybridized carbons (Fsp3) is 1.00. The molecule has 0 saturated heterocycles. The first-order valence-corrected chi connectivity index (χ1v) is 6.79. The van der Waals surface area contributed by atoms with Crippen molar-refractivity contribution in [3.05, 3.63) is 0 Å². The molecule has 4 saturated carbocycles. The third-order valence-electron chi connectivity index (χ3n) is 6.75. The van der Waals surface area contributed by atoms with Gasteiger partial charge in [-0.3, -0.25) is 0 Å². The summed E-state index contributed by atoms with van der Waals surface area (Å²) in [7, 11) is 0. The minimum atomic E-state index is 1.07. The molecule has 0 heteroatoms. The van der Waals surface area contributed by atoms with Crippen LogP contribution in [0.15, 0.2) is 0 Å². The third kappa shape index (κ3) is 0.686.